The number of H-pyrrole nitrogens is 1. The minimum absolute atomic E-state index is 0.340. The van der Waals surface area contributed by atoms with E-state index < -0.39 is 36.0 Å². The van der Waals surface area contributed by atoms with Gasteiger partial charge in [0.05, 0.1) is 16.7 Å². The van der Waals surface area contributed by atoms with Gasteiger partial charge < -0.3 is 10.1 Å². The minimum Gasteiger partial charge on any atom is -0.444 e. The first kappa shape index (κ1) is 25.7. The molecule has 1 amide bonds. The number of aromatic amines is 1. The Balaban J connectivity index is 1.43. The Morgan fingerprint density at radius 1 is 1.02 bits per heavy atom. The molecule has 6 rings (SSSR count). The number of carbonyl (C=O) groups is 1. The topological polar surface area (TPSA) is 101 Å². The second kappa shape index (κ2) is 8.97. The van der Waals surface area contributed by atoms with Crippen LogP contribution >= 0.6 is 0 Å². The maximum absolute atomic E-state index is 14.1. The van der Waals surface area contributed by atoms with Gasteiger partial charge in [-0.2, -0.15) is 5.10 Å². The van der Waals surface area contributed by atoms with Gasteiger partial charge in [0.15, 0.2) is 5.65 Å². The summed E-state index contributed by atoms with van der Waals surface area (Å²) in [7, 11) is 0. The summed E-state index contributed by atoms with van der Waals surface area (Å²) in [5.74, 6) is -2.88. The average molecular weight is 544 g/mol. The van der Waals surface area contributed by atoms with Crippen molar-refractivity contribution in [1.82, 2.24) is 24.9 Å². The van der Waals surface area contributed by atoms with Gasteiger partial charge in [-0.25, -0.2) is 32.9 Å². The fourth-order valence-electron chi connectivity index (χ4n) is 5.31. The molecule has 0 unspecified atom stereocenters. The van der Waals surface area contributed by atoms with Crippen molar-refractivity contribution in [3.63, 3.8) is 0 Å². The van der Waals surface area contributed by atoms with Gasteiger partial charge in [0.2, 0.25) is 0 Å². The zero-order chi connectivity index (χ0) is 28.3. The summed E-state index contributed by atoms with van der Waals surface area (Å²) >= 11 is 0. The number of nitrogens with one attached hydrogen (secondary N) is 2. The van der Waals surface area contributed by atoms with Crippen LogP contribution in [0.25, 0.3) is 38.9 Å². The van der Waals surface area contributed by atoms with Gasteiger partial charge in [-0.05, 0) is 44.0 Å². The number of halogens is 2. The molecular weight excluding hydrogens is 516 g/mol. The number of rotatable bonds is 4. The zero-order valence-corrected chi connectivity index (χ0v) is 22.2. The standard InChI is InChI=1S/C30H27F2N5O3/c1-28(2,3)40-27(39)34-29(16-30(31,32)17-29)20-11-9-19(10-12-20)24-21(18-7-5-4-6-8-18)15-22-23(33-24)13-14-37-25(22)35-36-26(37)38/h4-15H,16-17H2,1-3H3,(H,34,39)(H,36,38). The molecular formula is C30H27F2N5O3. The van der Waals surface area contributed by atoms with Gasteiger partial charge in [0.1, 0.15) is 5.60 Å². The third-order valence-electron chi connectivity index (χ3n) is 7.04. The van der Waals surface area contributed by atoms with Crippen LogP contribution in [0.4, 0.5) is 13.6 Å². The molecule has 0 spiro atoms. The Hall–Kier alpha value is -4.60. The van der Waals surface area contributed by atoms with Crippen molar-refractivity contribution in [3.8, 4) is 22.4 Å². The second-order valence-corrected chi connectivity index (χ2v) is 11.2. The molecule has 0 bridgehead atoms. The number of hydrogen-bond acceptors (Lipinski definition) is 5. The lowest BCUT2D eigenvalue weighted by atomic mass is 9.69. The molecule has 10 heteroatoms. The van der Waals surface area contributed by atoms with Gasteiger partial charge in [0.25, 0.3) is 5.92 Å². The molecule has 1 aliphatic carbocycles. The highest BCUT2D eigenvalue weighted by Gasteiger charge is 2.58. The molecule has 2 N–H and O–H groups in total. The molecule has 204 valence electrons. The number of ether oxygens (including phenoxy) is 1. The monoisotopic (exact) mass is 543 g/mol. The van der Waals surface area contributed by atoms with Crippen molar-refractivity contribution >= 4 is 22.6 Å². The normalized spacial score (nSPS) is 16.0. The number of nitrogens with zero attached hydrogens (tertiary/aromatic N) is 3. The Bertz CT molecular complexity index is 1800. The van der Waals surface area contributed by atoms with Crippen molar-refractivity contribution in [3.05, 3.63) is 89.0 Å². The molecule has 0 atom stereocenters. The molecule has 8 nitrogen and oxygen atoms in total. The van der Waals surface area contributed by atoms with Gasteiger partial charge in [-0.15, -0.1) is 0 Å². The molecule has 0 radical (unpaired) electrons. The predicted molar refractivity (Wildman–Crippen MR) is 147 cm³/mol. The van der Waals surface area contributed by atoms with Crippen molar-refractivity contribution < 1.29 is 18.3 Å². The lowest BCUT2D eigenvalue weighted by Crippen LogP contribution is -2.60. The summed E-state index contributed by atoms with van der Waals surface area (Å²) in [5, 5.41) is 10.1. The van der Waals surface area contributed by atoms with Crippen LogP contribution in [0, 0.1) is 0 Å². The molecule has 5 aromatic rings. The fourth-order valence-corrected chi connectivity index (χ4v) is 5.31. The van der Waals surface area contributed by atoms with Crippen LogP contribution < -0.4 is 11.0 Å². The number of alkyl carbamates (subject to hydrolysis) is 1. The van der Waals surface area contributed by atoms with Crippen LogP contribution in [0.3, 0.4) is 0 Å². The number of carbonyl (C=O) groups excluding carboxylic acids is 1. The summed E-state index contributed by atoms with van der Waals surface area (Å²) in [6, 6.07) is 20.6. The highest BCUT2D eigenvalue weighted by Crippen LogP contribution is 2.52. The van der Waals surface area contributed by atoms with Crippen LogP contribution in [0.5, 0.6) is 0 Å². The average Bonchev–Trinajstić information content (AvgIpc) is 3.27. The lowest BCUT2D eigenvalue weighted by molar-refractivity contribution is -0.136. The van der Waals surface area contributed by atoms with Crippen LogP contribution in [0.2, 0.25) is 0 Å². The van der Waals surface area contributed by atoms with Crippen molar-refractivity contribution in [2.45, 2.75) is 50.7 Å². The number of alkyl halides is 2. The number of fused-ring (bicyclic) bond motifs is 3. The highest BCUT2D eigenvalue weighted by atomic mass is 19.3. The first-order chi connectivity index (χ1) is 18.9. The summed E-state index contributed by atoms with van der Waals surface area (Å²) in [6.07, 6.45) is -0.144. The first-order valence-corrected chi connectivity index (χ1v) is 12.9. The molecule has 40 heavy (non-hydrogen) atoms. The van der Waals surface area contributed by atoms with E-state index in [9.17, 15) is 18.4 Å². The summed E-state index contributed by atoms with van der Waals surface area (Å²) < 4.78 is 35.0. The maximum atomic E-state index is 14.1. The summed E-state index contributed by atoms with van der Waals surface area (Å²) in [4.78, 5) is 29.6. The fraction of sp³-hybridized carbons (Fsp3) is 0.267. The Morgan fingerprint density at radius 3 is 2.38 bits per heavy atom. The third kappa shape index (κ3) is 4.59. The molecule has 0 aliphatic heterocycles. The van der Waals surface area contributed by atoms with Crippen molar-refractivity contribution in [2.24, 2.45) is 0 Å². The lowest BCUT2D eigenvalue weighted by Gasteiger charge is -2.48. The van der Waals surface area contributed by atoms with Gasteiger partial charge in [0, 0.05) is 35.6 Å². The number of benzene rings is 2. The van der Waals surface area contributed by atoms with Crippen LogP contribution in [-0.2, 0) is 10.3 Å². The first-order valence-electron chi connectivity index (χ1n) is 12.9. The van der Waals surface area contributed by atoms with E-state index in [1.165, 1.54) is 4.40 Å². The van der Waals surface area contributed by atoms with E-state index in [1.54, 1.807) is 45.2 Å². The molecule has 2 aromatic carbocycles. The second-order valence-electron chi connectivity index (χ2n) is 11.2. The Kier molecular flexibility index (Phi) is 5.76. The van der Waals surface area contributed by atoms with E-state index in [0.29, 0.717) is 27.8 Å². The van der Waals surface area contributed by atoms with E-state index in [4.69, 9.17) is 9.72 Å². The smallest absolute Gasteiger partial charge is 0.408 e. The maximum Gasteiger partial charge on any atom is 0.408 e. The molecule has 1 saturated carbocycles. The molecule has 1 fully saturated rings. The quantitative estimate of drug-likeness (QED) is 0.287. The van der Waals surface area contributed by atoms with Crippen LogP contribution in [-0.4, -0.2) is 37.2 Å². The van der Waals surface area contributed by atoms with Crippen LogP contribution in [0.15, 0.2) is 77.7 Å². The molecule has 3 aromatic heterocycles. The molecule has 1 aliphatic rings. The molecule has 0 saturated heterocycles. The van der Waals surface area contributed by atoms with Gasteiger partial charge in [-0.3, -0.25) is 0 Å². The van der Waals surface area contributed by atoms with Crippen LogP contribution in [0.1, 0.15) is 39.2 Å². The number of pyridine rings is 2. The third-order valence-corrected chi connectivity index (χ3v) is 7.04. The number of amides is 1. The largest absolute Gasteiger partial charge is 0.444 e. The Labute approximate surface area is 228 Å². The van der Waals surface area contributed by atoms with Crippen molar-refractivity contribution in [2.75, 3.05) is 0 Å². The van der Waals surface area contributed by atoms with Gasteiger partial charge >= 0.3 is 11.8 Å². The zero-order valence-electron chi connectivity index (χ0n) is 22.2. The van der Waals surface area contributed by atoms with E-state index in [2.05, 4.69) is 15.5 Å². The molecule has 3 heterocycles. The van der Waals surface area contributed by atoms with E-state index in [1.807, 2.05) is 48.5 Å². The number of hydrogen-bond donors (Lipinski definition) is 2. The van der Waals surface area contributed by atoms with E-state index in [-0.39, 0.29) is 5.69 Å². The summed E-state index contributed by atoms with van der Waals surface area (Å²) in [5.41, 5.74) is 2.53. The predicted octanol–water partition coefficient (Wildman–Crippen LogP) is 6.05. The summed E-state index contributed by atoms with van der Waals surface area (Å²) in [6.45, 7) is 5.17. The minimum atomic E-state index is -2.88. The van der Waals surface area contributed by atoms with Gasteiger partial charge in [-0.1, -0.05) is 54.6 Å². The van der Waals surface area contributed by atoms with E-state index in [0.717, 1.165) is 16.7 Å². The Morgan fingerprint density at radius 2 is 1.73 bits per heavy atom. The number of aromatic nitrogens is 4. The SMILES string of the molecule is CC(C)(C)OC(=O)NC1(c2ccc(-c3nc4ccn5c(=O)[nH]nc5c4cc3-c3ccccc3)cc2)CC(F)(F)C1. The highest BCUT2D eigenvalue weighted by molar-refractivity contribution is 5.98. The van der Waals surface area contributed by atoms with E-state index >= 15 is 0 Å². The van der Waals surface area contributed by atoms with Crippen molar-refractivity contribution in [1.29, 1.82) is 0 Å².